The van der Waals surface area contributed by atoms with Crippen LogP contribution in [0.25, 0.3) is 0 Å². The normalized spacial score (nSPS) is 10.4. The highest BCUT2D eigenvalue weighted by Crippen LogP contribution is 2.10. The minimum atomic E-state index is 0.753. The van der Waals surface area contributed by atoms with Gasteiger partial charge in [0.25, 0.3) is 0 Å². The molecule has 0 amide bonds. The summed E-state index contributed by atoms with van der Waals surface area (Å²) in [5.41, 5.74) is 0. The van der Waals surface area contributed by atoms with Gasteiger partial charge in [-0.1, -0.05) is 0 Å². The minimum absolute atomic E-state index is 0.753. The van der Waals surface area contributed by atoms with Gasteiger partial charge in [0.15, 0.2) is 0 Å². The molecule has 14 heavy (non-hydrogen) atoms. The van der Waals surface area contributed by atoms with E-state index in [1.54, 1.807) is 13.4 Å². The summed E-state index contributed by atoms with van der Waals surface area (Å²) >= 11 is 1.41. The Balaban J connectivity index is 2.07. The summed E-state index contributed by atoms with van der Waals surface area (Å²) in [5, 5.41) is 4.23. The van der Waals surface area contributed by atoms with Crippen LogP contribution in [0, 0.1) is 0 Å². The van der Waals surface area contributed by atoms with Crippen molar-refractivity contribution >= 4 is 16.7 Å². The van der Waals surface area contributed by atoms with Gasteiger partial charge in [-0.25, -0.2) is 4.98 Å². The molecule has 0 radical (unpaired) electrons. The average Bonchev–Trinajstić information content (AvgIpc) is 2.70. The molecule has 0 fully saturated rings. The number of ether oxygens (including phenoxy) is 1. The zero-order valence-corrected chi connectivity index (χ0v) is 9.38. The second-order valence-electron chi connectivity index (χ2n) is 2.89. The zero-order valence-electron chi connectivity index (χ0n) is 8.56. The van der Waals surface area contributed by atoms with Crippen molar-refractivity contribution in [2.24, 2.45) is 0 Å². The molecule has 1 aromatic heterocycles. The first-order valence-corrected chi connectivity index (χ1v) is 5.29. The quantitative estimate of drug-likeness (QED) is 0.660. The van der Waals surface area contributed by atoms with E-state index < -0.39 is 0 Å². The molecular weight excluding hydrogens is 200 g/mol. The lowest BCUT2D eigenvalue weighted by molar-refractivity contribution is 0.200. The van der Waals surface area contributed by atoms with Gasteiger partial charge in [-0.05, 0) is 0 Å². The van der Waals surface area contributed by atoms with Crippen molar-refractivity contribution in [2.75, 3.05) is 45.3 Å². The van der Waals surface area contributed by atoms with Crippen molar-refractivity contribution in [3.63, 3.8) is 0 Å². The van der Waals surface area contributed by atoms with E-state index in [2.05, 4.69) is 19.6 Å². The molecule has 1 rings (SSSR count). The average molecular weight is 216 g/mol. The third-order valence-electron chi connectivity index (χ3n) is 1.78. The number of methoxy groups -OCH3 is 1. The zero-order chi connectivity index (χ0) is 10.2. The standard InChI is InChI=1S/C8H16N4OS/c1-12(8-10-7-11-14-8)5-3-9-4-6-13-2/h7,9H,3-6H2,1-2H3. The number of aromatic nitrogens is 2. The Labute approximate surface area is 88.3 Å². The van der Waals surface area contributed by atoms with E-state index in [0.29, 0.717) is 0 Å². The molecule has 0 aromatic carbocycles. The monoisotopic (exact) mass is 216 g/mol. The van der Waals surface area contributed by atoms with E-state index in [1.807, 2.05) is 7.05 Å². The third kappa shape index (κ3) is 3.99. The molecular formula is C8H16N4OS. The van der Waals surface area contributed by atoms with E-state index in [-0.39, 0.29) is 0 Å². The van der Waals surface area contributed by atoms with E-state index in [9.17, 15) is 0 Å². The first-order chi connectivity index (χ1) is 6.84. The van der Waals surface area contributed by atoms with Crippen LogP contribution in [0.2, 0.25) is 0 Å². The molecule has 1 N–H and O–H groups in total. The Hall–Kier alpha value is -0.720. The highest BCUT2D eigenvalue weighted by atomic mass is 32.1. The summed E-state index contributed by atoms with van der Waals surface area (Å²) in [4.78, 5) is 6.19. The lowest BCUT2D eigenvalue weighted by atomic mass is 10.5. The van der Waals surface area contributed by atoms with Crippen LogP contribution in [0.1, 0.15) is 0 Å². The SMILES string of the molecule is COCCNCCN(C)c1ncns1. The van der Waals surface area contributed by atoms with Gasteiger partial charge >= 0.3 is 0 Å². The topological polar surface area (TPSA) is 50.3 Å². The van der Waals surface area contributed by atoms with Gasteiger partial charge in [0.1, 0.15) is 6.33 Å². The van der Waals surface area contributed by atoms with Crippen LogP contribution in [0.15, 0.2) is 6.33 Å². The predicted molar refractivity (Wildman–Crippen MR) is 57.9 cm³/mol. The van der Waals surface area contributed by atoms with Crippen LogP contribution in [0.5, 0.6) is 0 Å². The maximum atomic E-state index is 4.92. The first-order valence-electron chi connectivity index (χ1n) is 4.52. The second kappa shape index (κ2) is 6.69. The number of hydrogen-bond donors (Lipinski definition) is 1. The lowest BCUT2D eigenvalue weighted by Gasteiger charge is -2.14. The van der Waals surface area contributed by atoms with Gasteiger partial charge in [0, 0.05) is 45.3 Å². The highest BCUT2D eigenvalue weighted by molar-refractivity contribution is 7.09. The van der Waals surface area contributed by atoms with Crippen molar-refractivity contribution in [1.29, 1.82) is 0 Å². The fourth-order valence-corrected chi connectivity index (χ4v) is 1.49. The molecule has 80 valence electrons. The molecule has 0 saturated heterocycles. The van der Waals surface area contributed by atoms with Crippen molar-refractivity contribution in [3.05, 3.63) is 6.33 Å². The molecule has 6 heteroatoms. The van der Waals surface area contributed by atoms with Crippen LogP contribution in [0.4, 0.5) is 5.13 Å². The lowest BCUT2D eigenvalue weighted by Crippen LogP contribution is -2.30. The van der Waals surface area contributed by atoms with Gasteiger partial charge in [0.05, 0.1) is 6.61 Å². The second-order valence-corrected chi connectivity index (χ2v) is 3.65. The van der Waals surface area contributed by atoms with Crippen LogP contribution in [-0.2, 0) is 4.74 Å². The molecule has 0 aliphatic carbocycles. The van der Waals surface area contributed by atoms with E-state index >= 15 is 0 Å². The van der Waals surface area contributed by atoms with Crippen molar-refractivity contribution in [3.8, 4) is 0 Å². The van der Waals surface area contributed by atoms with E-state index in [1.165, 1.54) is 11.5 Å². The summed E-state index contributed by atoms with van der Waals surface area (Å²) in [7, 11) is 3.72. The Bertz CT molecular complexity index is 229. The Morgan fingerprint density at radius 3 is 3.07 bits per heavy atom. The molecule has 0 saturated carbocycles. The minimum Gasteiger partial charge on any atom is -0.383 e. The largest absolute Gasteiger partial charge is 0.383 e. The van der Waals surface area contributed by atoms with Gasteiger partial charge < -0.3 is 15.0 Å². The summed E-state index contributed by atoms with van der Waals surface area (Å²) in [6, 6.07) is 0. The van der Waals surface area contributed by atoms with Crippen LogP contribution < -0.4 is 10.2 Å². The molecule has 0 spiro atoms. The van der Waals surface area contributed by atoms with Crippen molar-refractivity contribution < 1.29 is 4.74 Å². The number of rotatable bonds is 7. The number of anilines is 1. The molecule has 0 aliphatic rings. The maximum absolute atomic E-state index is 4.92. The third-order valence-corrected chi connectivity index (χ3v) is 2.56. The van der Waals surface area contributed by atoms with Gasteiger partial charge in [-0.15, -0.1) is 0 Å². The van der Waals surface area contributed by atoms with Crippen molar-refractivity contribution in [1.82, 2.24) is 14.7 Å². The maximum Gasteiger partial charge on any atom is 0.204 e. The number of likely N-dealkylation sites (N-methyl/N-ethyl adjacent to an activating group) is 1. The molecule has 5 nitrogen and oxygen atoms in total. The van der Waals surface area contributed by atoms with Crippen LogP contribution in [0.3, 0.4) is 0 Å². The summed E-state index contributed by atoms with van der Waals surface area (Å²) < 4.78 is 8.87. The van der Waals surface area contributed by atoms with Gasteiger partial charge in [-0.2, -0.15) is 4.37 Å². The van der Waals surface area contributed by atoms with Crippen molar-refractivity contribution in [2.45, 2.75) is 0 Å². The summed E-state index contributed by atoms with van der Waals surface area (Å²) in [6.07, 6.45) is 1.58. The Kier molecular flexibility index (Phi) is 5.43. The Morgan fingerprint density at radius 1 is 1.57 bits per heavy atom. The van der Waals surface area contributed by atoms with Gasteiger partial charge in [-0.3, -0.25) is 0 Å². The first kappa shape index (κ1) is 11.4. The Morgan fingerprint density at radius 2 is 2.43 bits per heavy atom. The fraction of sp³-hybridized carbons (Fsp3) is 0.750. The van der Waals surface area contributed by atoms with Gasteiger partial charge in [0.2, 0.25) is 5.13 Å². The summed E-state index contributed by atoms with van der Waals surface area (Å²) in [5.74, 6) is 0. The molecule has 1 aromatic rings. The summed E-state index contributed by atoms with van der Waals surface area (Å²) in [6.45, 7) is 3.50. The van der Waals surface area contributed by atoms with E-state index in [4.69, 9.17) is 4.74 Å². The number of nitrogens with zero attached hydrogens (tertiary/aromatic N) is 3. The van der Waals surface area contributed by atoms with Crippen LogP contribution in [-0.4, -0.2) is 49.8 Å². The molecule has 0 aliphatic heterocycles. The molecule has 0 unspecified atom stereocenters. The fourth-order valence-electron chi connectivity index (χ4n) is 0.977. The molecule has 0 atom stereocenters. The highest BCUT2D eigenvalue weighted by Gasteiger charge is 2.02. The number of hydrogen-bond acceptors (Lipinski definition) is 6. The van der Waals surface area contributed by atoms with Crippen LogP contribution >= 0.6 is 11.5 Å². The predicted octanol–water partition coefficient (Wildman–Crippen LogP) is 0.210. The smallest absolute Gasteiger partial charge is 0.204 e. The van der Waals surface area contributed by atoms with E-state index in [0.717, 1.165) is 31.4 Å². The molecule has 0 bridgehead atoms. The number of nitrogens with one attached hydrogen (secondary N) is 1. The molecule has 1 heterocycles.